The molecular weight excluding hydrogens is 386 g/mol. The highest BCUT2D eigenvalue weighted by atomic mass is 32.1. The van der Waals surface area contributed by atoms with Crippen LogP contribution in [-0.2, 0) is 17.8 Å². The molecule has 1 aliphatic heterocycles. The Balaban J connectivity index is 1.56. The number of benzene rings is 1. The maximum absolute atomic E-state index is 12.9. The van der Waals surface area contributed by atoms with Crippen molar-refractivity contribution < 1.29 is 4.79 Å². The Labute approximate surface area is 173 Å². The second-order valence-electron chi connectivity index (χ2n) is 7.39. The second-order valence-corrected chi connectivity index (χ2v) is 8.36. The van der Waals surface area contributed by atoms with Crippen molar-refractivity contribution in [1.29, 1.82) is 0 Å². The third-order valence-electron chi connectivity index (χ3n) is 5.32. The predicted molar refractivity (Wildman–Crippen MR) is 117 cm³/mol. The minimum atomic E-state index is -0.238. The largest absolute Gasteiger partial charge is 0.348 e. The second kappa shape index (κ2) is 8.32. The SMILES string of the molecule is CCc1cccc(C)c1NC(=O)Cn1cnc2nc(N3CCCCC3)sc2c1=O. The quantitative estimate of drug-likeness (QED) is 0.696. The van der Waals surface area contributed by atoms with Gasteiger partial charge in [-0.2, -0.15) is 4.98 Å². The van der Waals surface area contributed by atoms with Gasteiger partial charge in [0, 0.05) is 18.8 Å². The summed E-state index contributed by atoms with van der Waals surface area (Å²) in [6.07, 6.45) is 5.77. The van der Waals surface area contributed by atoms with Crippen LogP contribution in [0.25, 0.3) is 10.3 Å². The van der Waals surface area contributed by atoms with E-state index in [0.29, 0.717) is 10.3 Å². The number of nitrogens with one attached hydrogen (secondary N) is 1. The summed E-state index contributed by atoms with van der Waals surface area (Å²) in [5, 5.41) is 3.81. The lowest BCUT2D eigenvalue weighted by Gasteiger charge is -2.25. The fourth-order valence-corrected chi connectivity index (χ4v) is 4.72. The average Bonchev–Trinajstić information content (AvgIpc) is 3.17. The number of nitrogens with zero attached hydrogens (tertiary/aromatic N) is 4. The van der Waals surface area contributed by atoms with E-state index in [1.54, 1.807) is 0 Å². The number of fused-ring (bicyclic) bond motifs is 1. The van der Waals surface area contributed by atoms with Gasteiger partial charge in [0.05, 0.1) is 0 Å². The molecule has 0 spiro atoms. The number of aryl methyl sites for hydroxylation is 2. The van der Waals surface area contributed by atoms with Gasteiger partial charge in [0.15, 0.2) is 10.8 Å². The average molecular weight is 412 g/mol. The molecule has 1 N–H and O–H groups in total. The van der Waals surface area contributed by atoms with Gasteiger partial charge < -0.3 is 10.2 Å². The molecule has 7 nitrogen and oxygen atoms in total. The lowest BCUT2D eigenvalue weighted by atomic mass is 10.1. The summed E-state index contributed by atoms with van der Waals surface area (Å²) in [5.74, 6) is -0.238. The van der Waals surface area contributed by atoms with Gasteiger partial charge in [-0.05, 0) is 43.7 Å². The van der Waals surface area contributed by atoms with E-state index in [4.69, 9.17) is 0 Å². The van der Waals surface area contributed by atoms with Crippen molar-refractivity contribution in [2.24, 2.45) is 0 Å². The summed E-state index contributed by atoms with van der Waals surface area (Å²) in [6.45, 7) is 5.87. The zero-order chi connectivity index (χ0) is 20.4. The van der Waals surface area contributed by atoms with E-state index in [0.717, 1.165) is 54.3 Å². The zero-order valence-corrected chi connectivity index (χ0v) is 17.6. The van der Waals surface area contributed by atoms with Crippen molar-refractivity contribution in [3.05, 3.63) is 46.0 Å². The van der Waals surface area contributed by atoms with Crippen LogP contribution in [0.1, 0.15) is 37.3 Å². The van der Waals surface area contributed by atoms with Crippen LogP contribution < -0.4 is 15.8 Å². The maximum atomic E-state index is 12.9. The Morgan fingerprint density at radius 2 is 2.03 bits per heavy atom. The normalized spacial score (nSPS) is 14.3. The topological polar surface area (TPSA) is 80.1 Å². The van der Waals surface area contributed by atoms with Gasteiger partial charge in [0.1, 0.15) is 17.6 Å². The Kier molecular flexibility index (Phi) is 5.62. The fourth-order valence-electron chi connectivity index (χ4n) is 3.70. The molecule has 1 aliphatic rings. The van der Waals surface area contributed by atoms with Gasteiger partial charge in [0.2, 0.25) is 5.91 Å². The number of amides is 1. The van der Waals surface area contributed by atoms with Crippen molar-refractivity contribution in [3.63, 3.8) is 0 Å². The first kappa shape index (κ1) is 19.6. The maximum Gasteiger partial charge on any atom is 0.273 e. The van der Waals surface area contributed by atoms with Crippen LogP contribution in [0.5, 0.6) is 0 Å². The monoisotopic (exact) mass is 411 g/mol. The van der Waals surface area contributed by atoms with Crippen molar-refractivity contribution in [1.82, 2.24) is 14.5 Å². The Hall–Kier alpha value is -2.74. The van der Waals surface area contributed by atoms with Crippen molar-refractivity contribution in [2.45, 2.75) is 46.1 Å². The molecule has 1 amide bonds. The minimum absolute atomic E-state index is 0.0732. The standard InChI is InChI=1S/C21H25N5O2S/c1-3-15-9-7-8-14(2)17(15)23-16(27)12-26-13-22-19-18(20(26)28)29-21(24-19)25-10-5-4-6-11-25/h7-9,13H,3-6,10-12H2,1-2H3,(H,23,27). The van der Waals surface area contributed by atoms with Gasteiger partial charge in [-0.3, -0.25) is 14.2 Å². The van der Waals surface area contributed by atoms with Gasteiger partial charge in [-0.1, -0.05) is 36.5 Å². The van der Waals surface area contributed by atoms with E-state index in [-0.39, 0.29) is 18.0 Å². The molecule has 0 aliphatic carbocycles. The van der Waals surface area contributed by atoms with Crippen LogP contribution in [-0.4, -0.2) is 33.5 Å². The van der Waals surface area contributed by atoms with Gasteiger partial charge in [0.25, 0.3) is 5.56 Å². The molecule has 4 rings (SSSR count). The Bertz CT molecular complexity index is 1100. The lowest BCUT2D eigenvalue weighted by molar-refractivity contribution is -0.116. The number of thiazole rings is 1. The number of piperidine rings is 1. The first-order valence-electron chi connectivity index (χ1n) is 10.1. The third kappa shape index (κ3) is 4.03. The molecule has 3 heterocycles. The number of carbonyl (C=O) groups excluding carboxylic acids is 1. The van der Waals surface area contributed by atoms with E-state index < -0.39 is 0 Å². The molecule has 8 heteroatoms. The van der Waals surface area contributed by atoms with Crippen LogP contribution >= 0.6 is 11.3 Å². The number of anilines is 2. The molecule has 0 bridgehead atoms. The summed E-state index contributed by atoms with van der Waals surface area (Å²) >= 11 is 1.37. The van der Waals surface area contributed by atoms with Crippen molar-refractivity contribution in [3.8, 4) is 0 Å². The molecule has 0 atom stereocenters. The number of aromatic nitrogens is 3. The smallest absolute Gasteiger partial charge is 0.273 e. The molecule has 3 aromatic rings. The summed E-state index contributed by atoms with van der Waals surface area (Å²) in [7, 11) is 0. The summed E-state index contributed by atoms with van der Waals surface area (Å²) in [5.41, 5.74) is 3.16. The molecule has 1 saturated heterocycles. The fraction of sp³-hybridized carbons (Fsp3) is 0.429. The predicted octanol–water partition coefficient (Wildman–Crippen LogP) is 3.35. The van der Waals surface area contributed by atoms with Crippen LogP contribution in [0.3, 0.4) is 0 Å². The number of rotatable bonds is 5. The molecule has 0 unspecified atom stereocenters. The van der Waals surface area contributed by atoms with Gasteiger partial charge >= 0.3 is 0 Å². The van der Waals surface area contributed by atoms with E-state index in [1.807, 2.05) is 25.1 Å². The minimum Gasteiger partial charge on any atom is -0.348 e. The summed E-state index contributed by atoms with van der Waals surface area (Å²) in [4.78, 5) is 36.6. The van der Waals surface area contributed by atoms with Crippen LogP contribution in [0.4, 0.5) is 10.8 Å². The van der Waals surface area contributed by atoms with Crippen LogP contribution in [0.15, 0.2) is 29.3 Å². The highest BCUT2D eigenvalue weighted by molar-refractivity contribution is 7.22. The van der Waals surface area contributed by atoms with Crippen molar-refractivity contribution in [2.75, 3.05) is 23.3 Å². The first-order valence-corrected chi connectivity index (χ1v) is 10.9. The third-order valence-corrected chi connectivity index (χ3v) is 6.41. The van der Waals surface area contributed by atoms with E-state index >= 15 is 0 Å². The first-order chi connectivity index (χ1) is 14.1. The van der Waals surface area contributed by atoms with Crippen LogP contribution in [0, 0.1) is 6.92 Å². The molecule has 0 radical (unpaired) electrons. The van der Waals surface area contributed by atoms with Crippen LogP contribution in [0.2, 0.25) is 0 Å². The highest BCUT2D eigenvalue weighted by Gasteiger charge is 2.18. The highest BCUT2D eigenvalue weighted by Crippen LogP contribution is 2.27. The van der Waals surface area contributed by atoms with E-state index in [1.165, 1.54) is 28.7 Å². The van der Waals surface area contributed by atoms with Gasteiger partial charge in [-0.15, -0.1) is 0 Å². The number of hydrogen-bond acceptors (Lipinski definition) is 6. The molecule has 1 aromatic carbocycles. The number of hydrogen-bond donors (Lipinski definition) is 1. The van der Waals surface area contributed by atoms with Crippen molar-refractivity contribution >= 4 is 38.4 Å². The van der Waals surface area contributed by atoms with Gasteiger partial charge in [-0.25, -0.2) is 4.98 Å². The Morgan fingerprint density at radius 1 is 1.24 bits per heavy atom. The molecule has 1 fully saturated rings. The molecule has 0 saturated carbocycles. The summed E-state index contributed by atoms with van der Waals surface area (Å²) in [6, 6.07) is 5.95. The molecule has 152 valence electrons. The summed E-state index contributed by atoms with van der Waals surface area (Å²) < 4.78 is 1.87. The Morgan fingerprint density at radius 3 is 2.79 bits per heavy atom. The number of carbonyl (C=O) groups is 1. The lowest BCUT2D eigenvalue weighted by Crippen LogP contribution is -2.29. The van der Waals surface area contributed by atoms with E-state index in [9.17, 15) is 9.59 Å². The van der Waals surface area contributed by atoms with E-state index in [2.05, 4.69) is 27.1 Å². The molecule has 2 aromatic heterocycles. The molecular formula is C21H25N5O2S. The zero-order valence-electron chi connectivity index (χ0n) is 16.8. The molecule has 29 heavy (non-hydrogen) atoms. The number of para-hydroxylation sites is 1.